The molecular weight excluding hydrogens is 410 g/mol. The molecule has 3 rings (SSSR count). The fraction of sp³-hybridized carbons (Fsp3) is 0.550. The molecule has 1 aliphatic rings. The lowest BCUT2D eigenvalue weighted by Crippen LogP contribution is -2.28. The molecule has 0 bridgehead atoms. The van der Waals surface area contributed by atoms with E-state index in [-0.39, 0.29) is 35.3 Å². The molecule has 9 nitrogen and oxygen atoms in total. The number of carbonyl (C=O) groups excluding carboxylic acids is 2. The summed E-state index contributed by atoms with van der Waals surface area (Å²) in [6.45, 7) is 7.08. The first-order valence-electron chi connectivity index (χ1n) is 9.88. The Morgan fingerprint density at radius 3 is 2.67 bits per heavy atom. The molecule has 0 radical (unpaired) electrons. The van der Waals surface area contributed by atoms with E-state index in [1.165, 1.54) is 10.7 Å². The lowest BCUT2D eigenvalue weighted by molar-refractivity contribution is 0.0527. The minimum atomic E-state index is -3.08. The van der Waals surface area contributed by atoms with Gasteiger partial charge >= 0.3 is 12.1 Å². The monoisotopic (exact) mass is 437 g/mol. The molecule has 0 spiro atoms. The Bertz CT molecular complexity index is 1070. The summed E-state index contributed by atoms with van der Waals surface area (Å²) >= 11 is 0. The van der Waals surface area contributed by atoms with Crippen molar-refractivity contribution in [3.8, 4) is 0 Å². The molecule has 10 heteroatoms. The molecule has 1 atom stereocenters. The van der Waals surface area contributed by atoms with Crippen molar-refractivity contribution in [1.82, 2.24) is 9.61 Å². The van der Waals surface area contributed by atoms with Gasteiger partial charge in [-0.05, 0) is 52.7 Å². The molecule has 1 aliphatic heterocycles. The smallest absolute Gasteiger partial charge is 0.412 e. The molecule has 2 aromatic rings. The summed E-state index contributed by atoms with van der Waals surface area (Å²) in [5.74, 6) is -0.543. The highest BCUT2D eigenvalue weighted by Crippen LogP contribution is 2.29. The average Bonchev–Trinajstić information content (AvgIpc) is 3.01. The normalized spacial score (nSPS) is 18.7. The Balaban J connectivity index is 1.98. The van der Waals surface area contributed by atoms with Crippen LogP contribution in [0.15, 0.2) is 18.3 Å². The van der Waals surface area contributed by atoms with E-state index in [4.69, 9.17) is 9.47 Å². The van der Waals surface area contributed by atoms with Crippen molar-refractivity contribution in [3.63, 3.8) is 0 Å². The van der Waals surface area contributed by atoms with Gasteiger partial charge in [-0.25, -0.2) is 22.5 Å². The van der Waals surface area contributed by atoms with Gasteiger partial charge in [-0.1, -0.05) is 0 Å². The van der Waals surface area contributed by atoms with E-state index in [2.05, 4.69) is 10.4 Å². The van der Waals surface area contributed by atoms with Gasteiger partial charge in [0.05, 0.1) is 35.0 Å². The summed E-state index contributed by atoms with van der Waals surface area (Å²) < 4.78 is 35.9. The molecule has 3 heterocycles. The van der Waals surface area contributed by atoms with Crippen molar-refractivity contribution >= 4 is 33.1 Å². The Morgan fingerprint density at radius 2 is 2.03 bits per heavy atom. The number of fused-ring (bicyclic) bond motifs is 1. The number of nitrogens with one attached hydrogen (secondary N) is 1. The first-order valence-corrected chi connectivity index (χ1v) is 11.7. The molecule has 164 valence electrons. The topological polar surface area (TPSA) is 116 Å². The van der Waals surface area contributed by atoms with E-state index in [1.54, 1.807) is 39.8 Å². The zero-order chi connectivity index (χ0) is 22.1. The highest BCUT2D eigenvalue weighted by atomic mass is 32.2. The first-order chi connectivity index (χ1) is 14.0. The second kappa shape index (κ2) is 8.25. The lowest BCUT2D eigenvalue weighted by atomic mass is 10.0. The first kappa shape index (κ1) is 22.1. The second-order valence-electron chi connectivity index (χ2n) is 8.34. The highest BCUT2D eigenvalue weighted by molar-refractivity contribution is 7.91. The zero-order valence-corrected chi connectivity index (χ0v) is 18.4. The standard InChI is InChI=1S/C20H27N3O6S/c1-5-28-18(24)15-11-23-14(10-17(15)21-19(25)29-20(2,3)4)9-16(22-23)13-7-6-8-30(26,27)12-13/h9-11,13H,5-8,12H2,1-4H3,(H,21,25). The zero-order valence-electron chi connectivity index (χ0n) is 17.6. The van der Waals surface area contributed by atoms with E-state index in [0.717, 1.165) is 6.42 Å². The number of anilines is 1. The third-order valence-corrected chi connectivity index (χ3v) is 6.45. The van der Waals surface area contributed by atoms with Gasteiger partial charge in [-0.2, -0.15) is 5.10 Å². The molecular formula is C20H27N3O6S. The number of carbonyl (C=O) groups is 2. The van der Waals surface area contributed by atoms with Crippen molar-refractivity contribution in [3.05, 3.63) is 29.6 Å². The van der Waals surface area contributed by atoms with Crippen LogP contribution >= 0.6 is 0 Å². The maximum atomic E-state index is 12.4. The number of aromatic nitrogens is 2. The van der Waals surface area contributed by atoms with Crippen molar-refractivity contribution in [2.45, 2.75) is 52.1 Å². The minimum Gasteiger partial charge on any atom is -0.462 e. The Labute approximate surface area is 175 Å². The van der Waals surface area contributed by atoms with Crippen LogP contribution in [0.3, 0.4) is 0 Å². The second-order valence-corrected chi connectivity index (χ2v) is 10.6. The molecule has 2 aromatic heterocycles. The minimum absolute atomic E-state index is 0.0601. The van der Waals surface area contributed by atoms with Crippen LogP contribution in [-0.4, -0.2) is 53.8 Å². The fourth-order valence-corrected chi connectivity index (χ4v) is 5.13. The molecule has 1 amide bonds. The number of ether oxygens (including phenoxy) is 2. The number of hydrogen-bond acceptors (Lipinski definition) is 7. The Kier molecular flexibility index (Phi) is 6.07. The third-order valence-electron chi connectivity index (χ3n) is 4.63. The Hall–Kier alpha value is -2.62. The summed E-state index contributed by atoms with van der Waals surface area (Å²) in [5.41, 5.74) is 0.919. The summed E-state index contributed by atoms with van der Waals surface area (Å²) in [7, 11) is -3.08. The summed E-state index contributed by atoms with van der Waals surface area (Å²) in [6.07, 6.45) is 2.11. The van der Waals surface area contributed by atoms with E-state index >= 15 is 0 Å². The molecule has 1 unspecified atom stereocenters. The van der Waals surface area contributed by atoms with Crippen LogP contribution in [0.25, 0.3) is 5.52 Å². The van der Waals surface area contributed by atoms with Crippen molar-refractivity contribution in [2.24, 2.45) is 0 Å². The fourth-order valence-electron chi connectivity index (χ4n) is 3.40. The number of esters is 1. The van der Waals surface area contributed by atoms with Crippen LogP contribution in [0.2, 0.25) is 0 Å². The number of pyridine rings is 1. The van der Waals surface area contributed by atoms with Crippen LogP contribution in [0.4, 0.5) is 10.5 Å². The largest absolute Gasteiger partial charge is 0.462 e. The van der Waals surface area contributed by atoms with Gasteiger partial charge < -0.3 is 9.47 Å². The van der Waals surface area contributed by atoms with Crippen molar-refractivity contribution < 1.29 is 27.5 Å². The van der Waals surface area contributed by atoms with Crippen LogP contribution in [0.5, 0.6) is 0 Å². The molecule has 1 N–H and O–H groups in total. The van der Waals surface area contributed by atoms with Gasteiger partial charge in [0.2, 0.25) is 0 Å². The predicted molar refractivity (Wildman–Crippen MR) is 112 cm³/mol. The van der Waals surface area contributed by atoms with Crippen LogP contribution in [0, 0.1) is 0 Å². The molecule has 0 aliphatic carbocycles. The van der Waals surface area contributed by atoms with Crippen LogP contribution in [0.1, 0.15) is 62.5 Å². The van der Waals surface area contributed by atoms with E-state index in [9.17, 15) is 18.0 Å². The third kappa shape index (κ3) is 5.29. The lowest BCUT2D eigenvalue weighted by Gasteiger charge is -2.20. The quantitative estimate of drug-likeness (QED) is 0.730. The molecule has 0 aromatic carbocycles. The molecule has 1 saturated heterocycles. The number of amides is 1. The molecule has 1 fully saturated rings. The summed E-state index contributed by atoms with van der Waals surface area (Å²) in [6, 6.07) is 3.38. The van der Waals surface area contributed by atoms with Gasteiger partial charge in [0.25, 0.3) is 0 Å². The maximum absolute atomic E-state index is 12.4. The Morgan fingerprint density at radius 1 is 1.30 bits per heavy atom. The van der Waals surface area contributed by atoms with Gasteiger partial charge in [0.1, 0.15) is 11.2 Å². The van der Waals surface area contributed by atoms with Gasteiger partial charge in [-0.15, -0.1) is 0 Å². The van der Waals surface area contributed by atoms with Gasteiger partial charge in [0, 0.05) is 12.1 Å². The number of rotatable bonds is 4. The number of sulfone groups is 1. The average molecular weight is 438 g/mol. The molecule has 0 saturated carbocycles. The van der Waals surface area contributed by atoms with Gasteiger partial charge in [-0.3, -0.25) is 5.32 Å². The van der Waals surface area contributed by atoms with Crippen molar-refractivity contribution in [2.75, 3.05) is 23.4 Å². The van der Waals surface area contributed by atoms with Crippen LogP contribution < -0.4 is 5.32 Å². The van der Waals surface area contributed by atoms with E-state index < -0.39 is 27.5 Å². The predicted octanol–water partition coefficient (Wildman–Crippen LogP) is 3.15. The number of hydrogen-bond donors (Lipinski definition) is 1. The van der Waals surface area contributed by atoms with Crippen LogP contribution in [-0.2, 0) is 19.3 Å². The summed E-state index contributed by atoms with van der Waals surface area (Å²) in [5, 5.41) is 7.09. The summed E-state index contributed by atoms with van der Waals surface area (Å²) in [4.78, 5) is 24.7. The van der Waals surface area contributed by atoms with Gasteiger partial charge in [0.15, 0.2) is 9.84 Å². The van der Waals surface area contributed by atoms with E-state index in [0.29, 0.717) is 17.6 Å². The number of nitrogens with zero attached hydrogens (tertiary/aromatic N) is 2. The molecule has 30 heavy (non-hydrogen) atoms. The highest BCUT2D eigenvalue weighted by Gasteiger charge is 2.28. The van der Waals surface area contributed by atoms with Crippen molar-refractivity contribution in [1.29, 1.82) is 0 Å². The van der Waals surface area contributed by atoms with E-state index in [1.807, 2.05) is 0 Å². The SMILES string of the molecule is CCOC(=O)c1cn2nc(C3CCCS(=O)(=O)C3)cc2cc1NC(=O)OC(C)(C)C. The maximum Gasteiger partial charge on any atom is 0.412 e.